The number of aliphatic hydroxyl groups excluding tert-OH is 1. The summed E-state index contributed by atoms with van der Waals surface area (Å²) in [7, 11) is 0. The van der Waals surface area contributed by atoms with Gasteiger partial charge < -0.3 is 25.7 Å². The molecule has 3 rings (SSSR count). The van der Waals surface area contributed by atoms with E-state index in [0.717, 1.165) is 17.2 Å². The molecule has 7 nitrogen and oxygen atoms in total. The fraction of sp³-hybridized carbons (Fsp3) is 0.500. The summed E-state index contributed by atoms with van der Waals surface area (Å²) in [5.41, 5.74) is 1.77. The number of benzene rings is 2. The molecule has 0 aliphatic carbocycles. The summed E-state index contributed by atoms with van der Waals surface area (Å²) >= 11 is 0. The van der Waals surface area contributed by atoms with Gasteiger partial charge in [-0.05, 0) is 53.5 Å². The van der Waals surface area contributed by atoms with Gasteiger partial charge >= 0.3 is 6.09 Å². The number of hydrogen-bond donors (Lipinski definition) is 4. The van der Waals surface area contributed by atoms with Gasteiger partial charge in [-0.2, -0.15) is 0 Å². The predicted molar refractivity (Wildman–Crippen MR) is 137 cm³/mol. The minimum absolute atomic E-state index is 0.0381. The van der Waals surface area contributed by atoms with Gasteiger partial charge in [0, 0.05) is 38.2 Å². The number of rotatable bonds is 8. The monoisotopic (exact) mass is 517 g/mol. The van der Waals surface area contributed by atoms with Gasteiger partial charge in [0.25, 0.3) is 0 Å². The number of carbonyl (C=O) groups excluding carboxylic acids is 1. The third-order valence-electron chi connectivity index (χ3n) is 7.05. The van der Waals surface area contributed by atoms with E-state index in [1.165, 1.54) is 24.0 Å². The standard InChI is InChI=1S/C28H37F2N3O4/c1-18(34)32-24(14-19-12-22(29)16-23(30)13-19)25(35)17-31-28(8-10-33(11-9-28)26(36)37)21-7-5-6-20(15-21)27(2,3)4/h5-7,12-13,15-16,24-25,31,35H,8-11,14,17H2,1-4H3,(H,32,34)(H,36,37)/t24-,25+/m0/s1. The molecule has 1 heterocycles. The highest BCUT2D eigenvalue weighted by Gasteiger charge is 2.38. The highest BCUT2D eigenvalue weighted by Crippen LogP contribution is 2.35. The number of piperidine rings is 1. The molecule has 1 aliphatic rings. The number of halogens is 2. The van der Waals surface area contributed by atoms with Crippen molar-refractivity contribution in [2.24, 2.45) is 0 Å². The summed E-state index contributed by atoms with van der Waals surface area (Å²) in [6.45, 7) is 8.42. The van der Waals surface area contributed by atoms with E-state index in [1.54, 1.807) is 0 Å². The third-order valence-corrected chi connectivity index (χ3v) is 7.05. The Kier molecular flexibility index (Phi) is 8.92. The highest BCUT2D eigenvalue weighted by molar-refractivity contribution is 5.73. The van der Waals surface area contributed by atoms with Gasteiger partial charge in [0.2, 0.25) is 5.91 Å². The molecule has 1 aliphatic heterocycles. The summed E-state index contributed by atoms with van der Waals surface area (Å²) < 4.78 is 27.5. The van der Waals surface area contributed by atoms with Crippen LogP contribution in [0.3, 0.4) is 0 Å². The van der Waals surface area contributed by atoms with Crippen LogP contribution in [0.1, 0.15) is 57.2 Å². The van der Waals surface area contributed by atoms with Crippen molar-refractivity contribution < 1.29 is 28.6 Å². The minimum Gasteiger partial charge on any atom is -0.465 e. The fourth-order valence-corrected chi connectivity index (χ4v) is 4.90. The maximum absolute atomic E-state index is 13.7. The summed E-state index contributed by atoms with van der Waals surface area (Å²) in [4.78, 5) is 24.8. The number of likely N-dealkylation sites (tertiary alicyclic amines) is 1. The number of aliphatic hydroxyl groups is 1. The number of hydrogen-bond acceptors (Lipinski definition) is 4. The Morgan fingerprint density at radius 3 is 2.24 bits per heavy atom. The first-order valence-corrected chi connectivity index (χ1v) is 12.5. The normalized spacial score (nSPS) is 17.2. The Morgan fingerprint density at radius 1 is 1.08 bits per heavy atom. The van der Waals surface area contributed by atoms with Crippen molar-refractivity contribution in [3.8, 4) is 0 Å². The lowest BCUT2D eigenvalue weighted by molar-refractivity contribution is -0.120. The molecule has 2 aromatic rings. The summed E-state index contributed by atoms with van der Waals surface area (Å²) in [5, 5.41) is 26.7. The lowest BCUT2D eigenvalue weighted by Gasteiger charge is -2.43. The number of carbonyl (C=O) groups is 2. The molecule has 0 bridgehead atoms. The van der Waals surface area contributed by atoms with Crippen LogP contribution in [0.2, 0.25) is 0 Å². The van der Waals surface area contributed by atoms with Crippen LogP contribution in [0.4, 0.5) is 13.6 Å². The number of amides is 2. The highest BCUT2D eigenvalue weighted by atomic mass is 19.1. The molecule has 2 atom stereocenters. The predicted octanol–water partition coefficient (Wildman–Crippen LogP) is 3.93. The number of carboxylic acid groups (broad SMARTS) is 1. The molecule has 0 radical (unpaired) electrons. The van der Waals surface area contributed by atoms with E-state index < -0.39 is 35.4 Å². The molecule has 1 saturated heterocycles. The summed E-state index contributed by atoms with van der Waals surface area (Å²) in [6.07, 6.45) is -1.00. The average molecular weight is 518 g/mol. The van der Waals surface area contributed by atoms with Crippen LogP contribution in [0.15, 0.2) is 42.5 Å². The Bertz CT molecular complexity index is 1090. The zero-order valence-corrected chi connectivity index (χ0v) is 21.9. The van der Waals surface area contributed by atoms with Crippen LogP contribution in [0.5, 0.6) is 0 Å². The van der Waals surface area contributed by atoms with Gasteiger partial charge in [0.1, 0.15) is 11.6 Å². The SMILES string of the molecule is CC(=O)N[C@@H](Cc1cc(F)cc(F)c1)[C@H](O)CNC1(c2cccc(C(C)(C)C)c2)CCN(C(=O)O)CC1. The van der Waals surface area contributed by atoms with E-state index in [2.05, 4.69) is 43.5 Å². The topological polar surface area (TPSA) is 102 Å². The Balaban J connectivity index is 1.85. The fourth-order valence-electron chi connectivity index (χ4n) is 4.90. The molecule has 4 N–H and O–H groups in total. The van der Waals surface area contributed by atoms with E-state index in [0.29, 0.717) is 31.5 Å². The number of nitrogens with zero attached hydrogens (tertiary/aromatic N) is 1. The van der Waals surface area contributed by atoms with Gasteiger partial charge in [-0.1, -0.05) is 45.0 Å². The average Bonchev–Trinajstić information content (AvgIpc) is 2.81. The van der Waals surface area contributed by atoms with Crippen molar-refractivity contribution in [2.45, 2.75) is 70.1 Å². The lowest BCUT2D eigenvalue weighted by Crippen LogP contribution is -2.56. The van der Waals surface area contributed by atoms with Crippen molar-refractivity contribution in [1.29, 1.82) is 0 Å². The molecule has 1 fully saturated rings. The van der Waals surface area contributed by atoms with Gasteiger partial charge in [0.05, 0.1) is 12.1 Å². The van der Waals surface area contributed by atoms with E-state index in [-0.39, 0.29) is 24.3 Å². The van der Waals surface area contributed by atoms with Crippen molar-refractivity contribution in [3.63, 3.8) is 0 Å². The molecule has 37 heavy (non-hydrogen) atoms. The summed E-state index contributed by atoms with van der Waals surface area (Å²) in [6, 6.07) is 10.5. The zero-order valence-electron chi connectivity index (χ0n) is 21.9. The molecular formula is C28H37F2N3O4. The first-order chi connectivity index (χ1) is 17.3. The molecule has 2 aromatic carbocycles. The van der Waals surface area contributed by atoms with E-state index >= 15 is 0 Å². The van der Waals surface area contributed by atoms with Crippen LogP contribution < -0.4 is 10.6 Å². The van der Waals surface area contributed by atoms with Crippen LogP contribution in [-0.4, -0.2) is 58.9 Å². The molecule has 0 unspecified atom stereocenters. The zero-order chi connectivity index (χ0) is 27.4. The molecule has 202 valence electrons. The van der Waals surface area contributed by atoms with Crippen molar-refractivity contribution >= 4 is 12.0 Å². The van der Waals surface area contributed by atoms with Crippen LogP contribution >= 0.6 is 0 Å². The first kappa shape index (κ1) is 28.5. The largest absolute Gasteiger partial charge is 0.465 e. The van der Waals surface area contributed by atoms with Gasteiger partial charge in [-0.15, -0.1) is 0 Å². The van der Waals surface area contributed by atoms with Gasteiger partial charge in [-0.25, -0.2) is 13.6 Å². The molecule has 9 heteroatoms. The van der Waals surface area contributed by atoms with Crippen LogP contribution in [0, 0.1) is 11.6 Å². The first-order valence-electron chi connectivity index (χ1n) is 12.5. The van der Waals surface area contributed by atoms with E-state index in [1.807, 2.05) is 12.1 Å². The second-order valence-electron chi connectivity index (χ2n) is 10.9. The maximum atomic E-state index is 13.7. The maximum Gasteiger partial charge on any atom is 0.407 e. The Morgan fingerprint density at radius 2 is 1.70 bits per heavy atom. The Hall–Kier alpha value is -3.04. The van der Waals surface area contributed by atoms with Crippen molar-refractivity contribution in [2.75, 3.05) is 19.6 Å². The van der Waals surface area contributed by atoms with Crippen molar-refractivity contribution in [1.82, 2.24) is 15.5 Å². The quantitative estimate of drug-likeness (QED) is 0.425. The van der Waals surface area contributed by atoms with Crippen LogP contribution in [-0.2, 0) is 22.2 Å². The second kappa shape index (κ2) is 11.6. The minimum atomic E-state index is -1.07. The Labute approximate surface area is 216 Å². The number of nitrogens with one attached hydrogen (secondary N) is 2. The van der Waals surface area contributed by atoms with Gasteiger partial charge in [0.15, 0.2) is 0 Å². The second-order valence-corrected chi connectivity index (χ2v) is 10.9. The smallest absolute Gasteiger partial charge is 0.407 e. The molecule has 0 spiro atoms. The van der Waals surface area contributed by atoms with Gasteiger partial charge in [-0.3, -0.25) is 4.79 Å². The van der Waals surface area contributed by atoms with Crippen LogP contribution in [0.25, 0.3) is 0 Å². The van der Waals surface area contributed by atoms with Crippen molar-refractivity contribution in [3.05, 3.63) is 70.8 Å². The molecule has 0 saturated carbocycles. The summed E-state index contributed by atoms with van der Waals surface area (Å²) in [5.74, 6) is -1.83. The lowest BCUT2D eigenvalue weighted by atomic mass is 9.77. The molecular weight excluding hydrogens is 480 g/mol. The molecule has 2 amide bonds. The molecule has 0 aromatic heterocycles. The van der Waals surface area contributed by atoms with E-state index in [9.17, 15) is 28.6 Å². The third kappa shape index (κ3) is 7.49. The van der Waals surface area contributed by atoms with E-state index in [4.69, 9.17) is 0 Å².